The smallest absolute Gasteiger partial charge is 0.192 e. The molecule has 0 spiro atoms. The Morgan fingerprint density at radius 3 is 2.50 bits per heavy atom. The molecular weight excluding hydrogens is 124 g/mol. The predicted octanol–water partition coefficient (Wildman–Crippen LogP) is 1.77. The van der Waals surface area contributed by atoms with E-state index < -0.39 is 0 Å². The molecule has 54 valence electrons. The summed E-state index contributed by atoms with van der Waals surface area (Å²) in [6, 6.07) is 0. The van der Waals surface area contributed by atoms with Crippen molar-refractivity contribution in [3.63, 3.8) is 0 Å². The summed E-state index contributed by atoms with van der Waals surface area (Å²) in [5.74, 6) is 5.95. The maximum absolute atomic E-state index is 9.87. The third-order valence-corrected chi connectivity index (χ3v) is 1.95. The second kappa shape index (κ2) is 4.11. The Hall–Kier alpha value is -0.770. The van der Waals surface area contributed by atoms with Gasteiger partial charge in [-0.25, -0.2) is 0 Å². The molecule has 1 saturated carbocycles. The predicted molar refractivity (Wildman–Crippen MR) is 40.4 cm³/mol. The molecule has 0 radical (unpaired) electrons. The number of hydrogen-bond acceptors (Lipinski definition) is 1. The average molecular weight is 136 g/mol. The zero-order chi connectivity index (χ0) is 7.23. The van der Waals surface area contributed by atoms with E-state index in [0.717, 1.165) is 0 Å². The van der Waals surface area contributed by atoms with Crippen LogP contribution in [0.3, 0.4) is 0 Å². The van der Waals surface area contributed by atoms with Crippen molar-refractivity contribution in [1.82, 2.24) is 0 Å². The molecule has 1 aliphatic carbocycles. The van der Waals surface area contributed by atoms with Gasteiger partial charge < -0.3 is 0 Å². The van der Waals surface area contributed by atoms with Crippen molar-refractivity contribution >= 4 is 6.29 Å². The van der Waals surface area contributed by atoms with Crippen LogP contribution in [0.4, 0.5) is 0 Å². The molecule has 0 unspecified atom stereocenters. The molecule has 10 heavy (non-hydrogen) atoms. The van der Waals surface area contributed by atoms with Crippen molar-refractivity contribution in [3.05, 3.63) is 0 Å². The maximum Gasteiger partial charge on any atom is 0.192 e. The molecule has 0 aromatic rings. The molecule has 1 nitrogen and oxygen atoms in total. The van der Waals surface area contributed by atoms with Gasteiger partial charge in [0.1, 0.15) is 0 Å². The molecule has 0 N–H and O–H groups in total. The molecule has 0 bridgehead atoms. The highest BCUT2D eigenvalue weighted by molar-refractivity contribution is 5.72. The number of carbonyl (C=O) groups is 1. The van der Waals surface area contributed by atoms with Gasteiger partial charge >= 0.3 is 0 Å². The highest BCUT2D eigenvalue weighted by atomic mass is 16.1. The van der Waals surface area contributed by atoms with E-state index in [1.807, 2.05) is 0 Å². The third kappa shape index (κ3) is 2.23. The second-order valence-corrected chi connectivity index (χ2v) is 2.74. The first-order chi connectivity index (χ1) is 4.93. The summed E-state index contributed by atoms with van der Waals surface area (Å²) in [4.78, 5) is 9.87. The van der Waals surface area contributed by atoms with E-state index in [4.69, 9.17) is 0 Å². The summed E-state index contributed by atoms with van der Waals surface area (Å²) < 4.78 is 0. The van der Waals surface area contributed by atoms with Gasteiger partial charge in [0, 0.05) is 5.92 Å². The Morgan fingerprint density at radius 2 is 1.90 bits per heavy atom. The summed E-state index contributed by atoms with van der Waals surface area (Å²) >= 11 is 0. The molecule has 1 aliphatic rings. The van der Waals surface area contributed by atoms with Crippen LogP contribution in [0, 0.1) is 17.8 Å². The van der Waals surface area contributed by atoms with Crippen molar-refractivity contribution in [2.24, 2.45) is 5.92 Å². The van der Waals surface area contributed by atoms with Crippen molar-refractivity contribution in [2.45, 2.75) is 32.1 Å². The molecule has 0 aromatic heterocycles. The highest BCUT2D eigenvalue weighted by Crippen LogP contribution is 2.22. The lowest BCUT2D eigenvalue weighted by Crippen LogP contribution is -2.02. The highest BCUT2D eigenvalue weighted by Gasteiger charge is 2.09. The van der Waals surface area contributed by atoms with Crippen LogP contribution in [0.2, 0.25) is 0 Å². The molecule has 1 fully saturated rings. The largest absolute Gasteiger partial charge is 0.289 e. The molecule has 0 aliphatic heterocycles. The average Bonchev–Trinajstić information content (AvgIpc) is 2.03. The van der Waals surface area contributed by atoms with Gasteiger partial charge in [-0.15, -0.1) is 0 Å². The summed E-state index contributed by atoms with van der Waals surface area (Å²) in [6.45, 7) is 0. The first-order valence-corrected chi connectivity index (χ1v) is 3.88. The zero-order valence-corrected chi connectivity index (χ0v) is 6.10. The normalized spacial score (nSPS) is 19.2. The topological polar surface area (TPSA) is 17.1 Å². The lowest BCUT2D eigenvalue weighted by molar-refractivity contribution is -0.103. The Bertz CT molecular complexity index is 155. The van der Waals surface area contributed by atoms with Gasteiger partial charge in [0.25, 0.3) is 0 Å². The Labute approximate surface area is 61.8 Å². The molecule has 0 heterocycles. The van der Waals surface area contributed by atoms with E-state index in [-0.39, 0.29) is 0 Å². The fourth-order valence-electron chi connectivity index (χ4n) is 1.40. The van der Waals surface area contributed by atoms with Crippen LogP contribution in [0.25, 0.3) is 0 Å². The van der Waals surface area contributed by atoms with Crippen LogP contribution in [0.15, 0.2) is 0 Å². The van der Waals surface area contributed by atoms with E-state index in [1.54, 1.807) is 0 Å². The van der Waals surface area contributed by atoms with E-state index >= 15 is 0 Å². The number of aldehydes is 1. The van der Waals surface area contributed by atoms with Crippen LogP contribution in [-0.4, -0.2) is 6.29 Å². The first-order valence-electron chi connectivity index (χ1n) is 3.88. The number of carbonyl (C=O) groups excluding carboxylic acids is 1. The second-order valence-electron chi connectivity index (χ2n) is 2.74. The van der Waals surface area contributed by atoms with E-state index in [1.165, 1.54) is 32.1 Å². The molecular formula is C9H12O. The minimum atomic E-state index is 0.513. The van der Waals surface area contributed by atoms with Crippen molar-refractivity contribution < 1.29 is 4.79 Å². The van der Waals surface area contributed by atoms with Gasteiger partial charge in [-0.2, -0.15) is 0 Å². The zero-order valence-electron chi connectivity index (χ0n) is 6.10. The number of rotatable bonds is 0. The van der Waals surface area contributed by atoms with Crippen LogP contribution in [0.1, 0.15) is 32.1 Å². The summed E-state index contributed by atoms with van der Waals surface area (Å²) in [6.07, 6.45) is 7.01. The van der Waals surface area contributed by atoms with Gasteiger partial charge in [-0.3, -0.25) is 4.79 Å². The Balaban J connectivity index is 2.32. The molecule has 0 amide bonds. The number of hydrogen-bond donors (Lipinski definition) is 0. The monoisotopic (exact) mass is 136 g/mol. The van der Waals surface area contributed by atoms with Crippen LogP contribution >= 0.6 is 0 Å². The molecule has 1 heteroatoms. The lowest BCUT2D eigenvalue weighted by atomic mass is 9.90. The summed E-state index contributed by atoms with van der Waals surface area (Å²) in [5, 5.41) is 0. The Kier molecular flexibility index (Phi) is 3.02. The molecule has 0 saturated heterocycles. The standard InChI is InChI=1S/C9H12O/c10-8-4-7-9-5-2-1-3-6-9/h8-9H,1-3,5-6H2. The summed E-state index contributed by atoms with van der Waals surface area (Å²) in [7, 11) is 0. The first kappa shape index (κ1) is 7.34. The quantitative estimate of drug-likeness (QED) is 0.366. The van der Waals surface area contributed by atoms with Crippen LogP contribution in [0.5, 0.6) is 0 Å². The molecule has 0 aromatic carbocycles. The van der Waals surface area contributed by atoms with E-state index in [9.17, 15) is 4.79 Å². The molecule has 1 rings (SSSR count). The fourth-order valence-corrected chi connectivity index (χ4v) is 1.40. The van der Waals surface area contributed by atoms with E-state index in [0.29, 0.717) is 12.2 Å². The van der Waals surface area contributed by atoms with Crippen molar-refractivity contribution in [2.75, 3.05) is 0 Å². The fraction of sp³-hybridized carbons (Fsp3) is 0.667. The van der Waals surface area contributed by atoms with Gasteiger partial charge in [0.2, 0.25) is 0 Å². The van der Waals surface area contributed by atoms with Gasteiger partial charge in [-0.1, -0.05) is 25.2 Å². The van der Waals surface area contributed by atoms with Crippen molar-refractivity contribution in [1.29, 1.82) is 0 Å². The minimum absolute atomic E-state index is 0.513. The van der Waals surface area contributed by atoms with Gasteiger partial charge in [-0.05, 0) is 18.8 Å². The van der Waals surface area contributed by atoms with Gasteiger partial charge in [0.15, 0.2) is 6.29 Å². The van der Waals surface area contributed by atoms with Crippen LogP contribution in [-0.2, 0) is 4.79 Å². The SMILES string of the molecule is O=CC#CC1CCCCC1. The van der Waals surface area contributed by atoms with Crippen LogP contribution < -0.4 is 0 Å². The van der Waals surface area contributed by atoms with E-state index in [2.05, 4.69) is 11.8 Å². The minimum Gasteiger partial charge on any atom is -0.289 e. The third-order valence-electron chi connectivity index (χ3n) is 1.95. The lowest BCUT2D eigenvalue weighted by Gasteiger charge is -2.15. The van der Waals surface area contributed by atoms with Gasteiger partial charge in [0.05, 0.1) is 0 Å². The maximum atomic E-state index is 9.87. The molecule has 0 atom stereocenters. The Morgan fingerprint density at radius 1 is 1.20 bits per heavy atom. The van der Waals surface area contributed by atoms with Crippen molar-refractivity contribution in [3.8, 4) is 11.8 Å². The summed E-state index contributed by atoms with van der Waals surface area (Å²) in [5.41, 5.74) is 0.